The van der Waals surface area contributed by atoms with Gasteiger partial charge in [-0.15, -0.1) is 0 Å². The molecule has 3 heterocycles. The predicted octanol–water partition coefficient (Wildman–Crippen LogP) is 1.04. The lowest BCUT2D eigenvalue weighted by Crippen LogP contribution is -2.26. The Morgan fingerprint density at radius 2 is 2.30 bits per heavy atom. The number of hydrogen-bond donors (Lipinski definition) is 1. The second-order valence-corrected chi connectivity index (χ2v) is 6.24. The average Bonchev–Trinajstić information content (AvgIpc) is 3.07. The van der Waals surface area contributed by atoms with Crippen molar-refractivity contribution in [1.82, 2.24) is 14.4 Å². The monoisotopic (exact) mass is 272 g/mol. The first-order valence-corrected chi connectivity index (χ1v) is 6.79. The number of imidazole rings is 1. The zero-order valence-corrected chi connectivity index (χ0v) is 11.3. The van der Waals surface area contributed by atoms with Gasteiger partial charge in [-0.25, -0.2) is 9.97 Å². The number of carbonyl (C=O) groups excluding carboxylic acids is 1. The number of hydrogen-bond acceptors (Lipinski definition) is 4. The van der Waals surface area contributed by atoms with Gasteiger partial charge in [-0.2, -0.15) is 0 Å². The number of rotatable bonds is 2. The van der Waals surface area contributed by atoms with E-state index in [2.05, 4.69) is 16.9 Å². The highest BCUT2D eigenvalue weighted by Crippen LogP contribution is 2.53. The van der Waals surface area contributed by atoms with Gasteiger partial charge in [0.25, 0.3) is 5.91 Å². The predicted molar refractivity (Wildman–Crippen MR) is 71.4 cm³/mol. The summed E-state index contributed by atoms with van der Waals surface area (Å²) in [5.41, 5.74) is 6.68. The van der Waals surface area contributed by atoms with Gasteiger partial charge in [-0.3, -0.25) is 9.20 Å². The van der Waals surface area contributed by atoms with Crippen molar-refractivity contribution < 1.29 is 9.53 Å². The first-order chi connectivity index (χ1) is 9.50. The highest BCUT2D eigenvalue weighted by molar-refractivity contribution is 5.92. The van der Waals surface area contributed by atoms with E-state index in [4.69, 9.17) is 10.5 Å². The second kappa shape index (κ2) is 3.58. The van der Waals surface area contributed by atoms with Crippen molar-refractivity contribution in [1.29, 1.82) is 0 Å². The minimum absolute atomic E-state index is 0.00160. The summed E-state index contributed by atoms with van der Waals surface area (Å²) in [6.45, 7) is 2.89. The Hall–Kier alpha value is -1.95. The molecule has 6 heteroatoms. The Labute approximate surface area is 116 Å². The number of primary amides is 1. The van der Waals surface area contributed by atoms with Crippen LogP contribution in [0.1, 0.15) is 42.2 Å². The quantitative estimate of drug-likeness (QED) is 0.885. The van der Waals surface area contributed by atoms with E-state index in [0.717, 1.165) is 31.6 Å². The van der Waals surface area contributed by atoms with Crippen LogP contribution in [0.15, 0.2) is 18.6 Å². The van der Waals surface area contributed by atoms with Gasteiger partial charge >= 0.3 is 0 Å². The van der Waals surface area contributed by atoms with Gasteiger partial charge in [0.1, 0.15) is 0 Å². The van der Waals surface area contributed by atoms with Gasteiger partial charge in [0, 0.05) is 24.0 Å². The summed E-state index contributed by atoms with van der Waals surface area (Å²) in [7, 11) is 0. The standard InChI is InChI=1S/C14H16N4O2/c1-13-2-3-14(7-13,8-20-13)10-6-18-5-9(11(15)19)4-16-12(18)17-10/h4-6H,2-3,7-8H2,1H3,(H2,15,19)/t13-,14-/m0/s1. The summed E-state index contributed by atoms with van der Waals surface area (Å²) >= 11 is 0. The largest absolute Gasteiger partial charge is 0.374 e. The molecular formula is C14H16N4O2. The molecule has 4 rings (SSSR count). The highest BCUT2D eigenvalue weighted by atomic mass is 16.5. The molecule has 2 N–H and O–H groups in total. The number of aromatic nitrogens is 3. The summed E-state index contributed by atoms with van der Waals surface area (Å²) < 4.78 is 7.69. The molecule has 0 spiro atoms. The zero-order valence-electron chi connectivity index (χ0n) is 11.3. The van der Waals surface area contributed by atoms with E-state index >= 15 is 0 Å². The van der Waals surface area contributed by atoms with Crippen LogP contribution in [0.3, 0.4) is 0 Å². The molecule has 2 aliphatic rings. The molecule has 2 bridgehead atoms. The van der Waals surface area contributed by atoms with E-state index in [1.165, 1.54) is 6.20 Å². The summed E-state index contributed by atoms with van der Waals surface area (Å²) in [4.78, 5) is 20.0. The molecule has 0 radical (unpaired) electrons. The van der Waals surface area contributed by atoms with Crippen LogP contribution in [-0.4, -0.2) is 32.5 Å². The Morgan fingerprint density at radius 1 is 1.45 bits per heavy atom. The maximum Gasteiger partial charge on any atom is 0.251 e. The van der Waals surface area contributed by atoms with E-state index < -0.39 is 5.91 Å². The van der Waals surface area contributed by atoms with Crippen molar-refractivity contribution >= 4 is 11.7 Å². The summed E-state index contributed by atoms with van der Waals surface area (Å²) in [5.74, 6) is 0.116. The molecule has 2 aromatic rings. The van der Waals surface area contributed by atoms with Crippen molar-refractivity contribution in [2.24, 2.45) is 5.73 Å². The van der Waals surface area contributed by atoms with Crippen LogP contribution in [0.5, 0.6) is 0 Å². The Kier molecular flexibility index (Phi) is 2.12. The maximum atomic E-state index is 11.2. The minimum atomic E-state index is -0.481. The molecule has 2 atom stereocenters. The third kappa shape index (κ3) is 1.51. The fourth-order valence-electron chi connectivity index (χ4n) is 3.52. The van der Waals surface area contributed by atoms with Gasteiger partial charge in [0.2, 0.25) is 5.78 Å². The maximum absolute atomic E-state index is 11.2. The van der Waals surface area contributed by atoms with E-state index in [0.29, 0.717) is 11.3 Å². The van der Waals surface area contributed by atoms with Crippen molar-refractivity contribution in [3.63, 3.8) is 0 Å². The third-order valence-corrected chi connectivity index (χ3v) is 4.68. The number of nitrogens with zero attached hydrogens (tertiary/aromatic N) is 3. The fraction of sp³-hybridized carbons (Fsp3) is 0.500. The van der Waals surface area contributed by atoms with Crippen LogP contribution in [0.2, 0.25) is 0 Å². The molecule has 1 saturated heterocycles. The summed E-state index contributed by atoms with van der Waals surface area (Å²) in [5, 5.41) is 0. The van der Waals surface area contributed by atoms with Crippen LogP contribution in [0.25, 0.3) is 5.78 Å². The first kappa shape index (κ1) is 11.8. The molecule has 0 aromatic carbocycles. The lowest BCUT2D eigenvalue weighted by Gasteiger charge is -2.24. The Balaban J connectivity index is 1.80. The van der Waals surface area contributed by atoms with Crippen LogP contribution in [-0.2, 0) is 10.2 Å². The van der Waals surface area contributed by atoms with Crippen molar-refractivity contribution in [3.8, 4) is 0 Å². The molecule has 104 valence electrons. The van der Waals surface area contributed by atoms with Crippen molar-refractivity contribution in [3.05, 3.63) is 29.8 Å². The van der Waals surface area contributed by atoms with E-state index in [1.54, 1.807) is 10.6 Å². The number of nitrogens with two attached hydrogens (primary N) is 1. The molecule has 1 saturated carbocycles. The van der Waals surface area contributed by atoms with E-state index in [-0.39, 0.29) is 11.0 Å². The number of fused-ring (bicyclic) bond motifs is 3. The van der Waals surface area contributed by atoms with Gasteiger partial charge in [-0.1, -0.05) is 0 Å². The van der Waals surface area contributed by atoms with Gasteiger partial charge in [0.15, 0.2) is 0 Å². The molecular weight excluding hydrogens is 256 g/mol. The van der Waals surface area contributed by atoms with Crippen LogP contribution in [0.4, 0.5) is 0 Å². The minimum Gasteiger partial charge on any atom is -0.374 e. The SMILES string of the molecule is C[C@@]12CC[C@@](c3cn4cc(C(N)=O)cnc4n3)(CO1)C2. The Bertz CT molecular complexity index is 713. The molecule has 1 amide bonds. The number of amides is 1. The van der Waals surface area contributed by atoms with Crippen LogP contribution < -0.4 is 5.73 Å². The molecule has 1 aliphatic carbocycles. The summed E-state index contributed by atoms with van der Waals surface area (Å²) in [6.07, 6.45) is 8.27. The van der Waals surface area contributed by atoms with Crippen molar-refractivity contribution in [2.75, 3.05) is 6.61 Å². The molecule has 6 nitrogen and oxygen atoms in total. The van der Waals surface area contributed by atoms with Gasteiger partial charge in [-0.05, 0) is 26.2 Å². The van der Waals surface area contributed by atoms with E-state index in [1.807, 2.05) is 6.20 Å². The molecule has 2 fully saturated rings. The topological polar surface area (TPSA) is 82.5 Å². The molecule has 2 aromatic heterocycles. The van der Waals surface area contributed by atoms with E-state index in [9.17, 15) is 4.79 Å². The fourth-order valence-corrected chi connectivity index (χ4v) is 3.52. The summed E-state index contributed by atoms with van der Waals surface area (Å²) in [6, 6.07) is 0. The highest BCUT2D eigenvalue weighted by Gasteiger charge is 2.55. The second-order valence-electron chi connectivity index (χ2n) is 6.24. The average molecular weight is 272 g/mol. The molecule has 20 heavy (non-hydrogen) atoms. The third-order valence-electron chi connectivity index (χ3n) is 4.68. The number of carbonyl (C=O) groups is 1. The normalized spacial score (nSPS) is 32.0. The first-order valence-electron chi connectivity index (χ1n) is 6.79. The van der Waals surface area contributed by atoms with Crippen molar-refractivity contribution in [2.45, 2.75) is 37.2 Å². The Morgan fingerprint density at radius 3 is 2.90 bits per heavy atom. The zero-order chi connectivity index (χ0) is 14.0. The smallest absolute Gasteiger partial charge is 0.251 e. The van der Waals surface area contributed by atoms with Gasteiger partial charge in [0.05, 0.1) is 23.5 Å². The van der Waals surface area contributed by atoms with Crippen LogP contribution >= 0.6 is 0 Å². The lowest BCUT2D eigenvalue weighted by molar-refractivity contribution is -0.00627. The number of ether oxygens (including phenoxy) is 1. The van der Waals surface area contributed by atoms with Crippen LogP contribution in [0, 0.1) is 0 Å². The van der Waals surface area contributed by atoms with Gasteiger partial charge < -0.3 is 10.5 Å². The lowest BCUT2D eigenvalue weighted by atomic mass is 9.84. The molecule has 0 unspecified atom stereocenters. The molecule has 1 aliphatic heterocycles.